The van der Waals surface area contributed by atoms with Crippen LogP contribution in [0, 0.1) is 0 Å². The average Bonchev–Trinajstić information content (AvgIpc) is 2.59. The first-order valence-electron chi connectivity index (χ1n) is 7.80. The van der Waals surface area contributed by atoms with Crippen molar-refractivity contribution in [3.63, 3.8) is 0 Å². The molecule has 0 bridgehead atoms. The normalized spacial score (nSPS) is 12.3. The molecule has 0 atom stereocenters. The Morgan fingerprint density at radius 2 is 1.63 bits per heavy atom. The zero-order chi connectivity index (χ0) is 20.1. The molecule has 0 unspecified atom stereocenters. The molecule has 9 heteroatoms. The minimum absolute atomic E-state index is 0.00904. The number of nitrogens with two attached hydrogens (primary N) is 1. The van der Waals surface area contributed by atoms with Crippen LogP contribution in [0.1, 0.15) is 16.7 Å². The first-order valence-corrected chi connectivity index (χ1v) is 9.35. The number of sulfonamides is 1. The Bertz CT molecular complexity index is 920. The third kappa shape index (κ3) is 6.54. The van der Waals surface area contributed by atoms with Crippen molar-refractivity contribution >= 4 is 22.0 Å². The number of primary sulfonamides is 1. The van der Waals surface area contributed by atoms with E-state index >= 15 is 0 Å². The molecule has 0 saturated carbocycles. The van der Waals surface area contributed by atoms with E-state index in [1.165, 1.54) is 36.4 Å². The Kier molecular flexibility index (Phi) is 6.40. The lowest BCUT2D eigenvalue weighted by Crippen LogP contribution is -2.23. The van der Waals surface area contributed by atoms with Gasteiger partial charge in [0, 0.05) is 12.6 Å². The summed E-state index contributed by atoms with van der Waals surface area (Å²) in [5.74, 6) is -0.393. The van der Waals surface area contributed by atoms with E-state index in [4.69, 9.17) is 5.14 Å². The Morgan fingerprint density at radius 1 is 1.04 bits per heavy atom. The highest BCUT2D eigenvalue weighted by atomic mass is 32.2. The van der Waals surface area contributed by atoms with Crippen LogP contribution in [0.3, 0.4) is 0 Å². The summed E-state index contributed by atoms with van der Waals surface area (Å²) in [6, 6.07) is 10.4. The van der Waals surface area contributed by atoms with Gasteiger partial charge in [-0.05, 0) is 47.9 Å². The molecule has 2 aromatic rings. The molecule has 0 aliphatic carbocycles. The molecule has 0 heterocycles. The predicted molar refractivity (Wildman–Crippen MR) is 95.0 cm³/mol. The van der Waals surface area contributed by atoms with Gasteiger partial charge in [0.2, 0.25) is 15.9 Å². The average molecular weight is 398 g/mol. The van der Waals surface area contributed by atoms with E-state index in [1.807, 2.05) is 0 Å². The van der Waals surface area contributed by atoms with Gasteiger partial charge >= 0.3 is 6.18 Å². The van der Waals surface area contributed by atoms with Crippen molar-refractivity contribution in [1.29, 1.82) is 0 Å². The highest BCUT2D eigenvalue weighted by molar-refractivity contribution is 7.89. The molecular formula is C18H17F3N2O3S. The van der Waals surface area contributed by atoms with Crippen LogP contribution >= 0.6 is 0 Å². The molecule has 0 saturated heterocycles. The Hall–Kier alpha value is -2.65. The van der Waals surface area contributed by atoms with E-state index in [1.54, 1.807) is 12.1 Å². The van der Waals surface area contributed by atoms with Crippen LogP contribution in [0.2, 0.25) is 0 Å². The van der Waals surface area contributed by atoms with Crippen molar-refractivity contribution in [2.75, 3.05) is 6.54 Å². The van der Waals surface area contributed by atoms with Crippen molar-refractivity contribution < 1.29 is 26.4 Å². The van der Waals surface area contributed by atoms with Gasteiger partial charge in [-0.15, -0.1) is 0 Å². The molecule has 0 aliphatic heterocycles. The molecule has 5 nitrogen and oxygen atoms in total. The lowest BCUT2D eigenvalue weighted by Gasteiger charge is -2.06. The monoisotopic (exact) mass is 398 g/mol. The number of alkyl halides is 3. The van der Waals surface area contributed by atoms with Crippen LogP contribution in [-0.2, 0) is 27.4 Å². The molecule has 1 amide bonds. The number of nitrogens with one attached hydrogen (secondary N) is 1. The fourth-order valence-electron chi connectivity index (χ4n) is 2.19. The summed E-state index contributed by atoms with van der Waals surface area (Å²) < 4.78 is 59.7. The number of carbonyl (C=O) groups excluding carboxylic acids is 1. The standard InChI is InChI=1S/C18H17F3N2O3S/c19-18(20,21)15-6-1-13(2-7-15)5-10-17(24)23-12-11-14-3-8-16(9-4-14)27(22,25)26/h1-10H,11-12H2,(H,23,24)(H2,22,25,26)/b10-5+. The number of carbonyl (C=O) groups is 1. The van der Waals surface area contributed by atoms with Crippen molar-refractivity contribution in [3.8, 4) is 0 Å². The molecule has 0 aromatic heterocycles. The molecule has 0 fully saturated rings. The Labute approximate surface area is 154 Å². The topological polar surface area (TPSA) is 89.3 Å². The lowest BCUT2D eigenvalue weighted by molar-refractivity contribution is -0.137. The second-order valence-electron chi connectivity index (χ2n) is 5.68. The maximum absolute atomic E-state index is 12.5. The van der Waals surface area contributed by atoms with Crippen LogP contribution in [0.25, 0.3) is 6.08 Å². The second kappa shape index (κ2) is 8.36. The minimum Gasteiger partial charge on any atom is -0.352 e. The van der Waals surface area contributed by atoms with Crippen molar-refractivity contribution in [3.05, 3.63) is 71.3 Å². The Morgan fingerprint density at radius 3 is 2.15 bits per heavy atom. The van der Waals surface area contributed by atoms with Crippen LogP contribution in [0.5, 0.6) is 0 Å². The van der Waals surface area contributed by atoms with Gasteiger partial charge in [0.15, 0.2) is 0 Å². The van der Waals surface area contributed by atoms with Gasteiger partial charge in [-0.1, -0.05) is 24.3 Å². The summed E-state index contributed by atoms with van der Waals surface area (Å²) in [7, 11) is -3.74. The maximum Gasteiger partial charge on any atom is 0.416 e. The lowest BCUT2D eigenvalue weighted by atomic mass is 10.1. The zero-order valence-corrected chi connectivity index (χ0v) is 14.8. The van der Waals surface area contributed by atoms with Crippen LogP contribution in [0.15, 0.2) is 59.5 Å². The largest absolute Gasteiger partial charge is 0.416 e. The first kappa shape index (κ1) is 20.7. The molecular weight excluding hydrogens is 381 g/mol. The van der Waals surface area contributed by atoms with E-state index in [0.29, 0.717) is 18.5 Å². The van der Waals surface area contributed by atoms with Gasteiger partial charge in [-0.25, -0.2) is 13.6 Å². The third-order valence-electron chi connectivity index (χ3n) is 3.63. The van der Waals surface area contributed by atoms with Gasteiger partial charge in [0.05, 0.1) is 10.5 Å². The number of halogens is 3. The molecule has 0 spiro atoms. The summed E-state index contributed by atoms with van der Waals surface area (Å²) in [4.78, 5) is 11.8. The molecule has 27 heavy (non-hydrogen) atoms. The van der Waals surface area contributed by atoms with Gasteiger partial charge in [0.1, 0.15) is 0 Å². The van der Waals surface area contributed by atoms with Crippen molar-refractivity contribution in [2.24, 2.45) is 5.14 Å². The van der Waals surface area contributed by atoms with Crippen LogP contribution in [0.4, 0.5) is 13.2 Å². The van der Waals surface area contributed by atoms with E-state index in [9.17, 15) is 26.4 Å². The fourth-order valence-corrected chi connectivity index (χ4v) is 2.71. The summed E-state index contributed by atoms with van der Waals surface area (Å²) in [5.41, 5.74) is 0.531. The van der Waals surface area contributed by atoms with Crippen LogP contribution < -0.4 is 10.5 Å². The highest BCUT2D eigenvalue weighted by Gasteiger charge is 2.29. The fraction of sp³-hybridized carbons (Fsp3) is 0.167. The molecule has 2 aromatic carbocycles. The number of benzene rings is 2. The van der Waals surface area contributed by atoms with Gasteiger partial charge in [-0.2, -0.15) is 13.2 Å². The smallest absolute Gasteiger partial charge is 0.352 e. The van der Waals surface area contributed by atoms with E-state index in [0.717, 1.165) is 17.7 Å². The van der Waals surface area contributed by atoms with Gasteiger partial charge < -0.3 is 5.32 Å². The van der Waals surface area contributed by atoms with E-state index in [-0.39, 0.29) is 4.90 Å². The summed E-state index contributed by atoms with van der Waals surface area (Å²) in [5, 5.41) is 7.64. The quantitative estimate of drug-likeness (QED) is 0.734. The number of hydrogen-bond donors (Lipinski definition) is 2. The van der Waals surface area contributed by atoms with E-state index in [2.05, 4.69) is 5.32 Å². The molecule has 144 valence electrons. The van der Waals surface area contributed by atoms with Crippen molar-refractivity contribution in [1.82, 2.24) is 5.32 Å². The second-order valence-corrected chi connectivity index (χ2v) is 7.24. The zero-order valence-electron chi connectivity index (χ0n) is 14.0. The maximum atomic E-state index is 12.5. The predicted octanol–water partition coefficient (Wildman–Crippen LogP) is 2.72. The van der Waals surface area contributed by atoms with Gasteiger partial charge in [-0.3, -0.25) is 4.79 Å². The molecule has 0 radical (unpaired) electrons. The number of rotatable bonds is 6. The highest BCUT2D eigenvalue weighted by Crippen LogP contribution is 2.29. The number of hydrogen-bond acceptors (Lipinski definition) is 3. The molecule has 3 N–H and O–H groups in total. The van der Waals surface area contributed by atoms with Crippen LogP contribution in [-0.4, -0.2) is 20.9 Å². The molecule has 0 aliphatic rings. The number of amides is 1. The third-order valence-corrected chi connectivity index (χ3v) is 4.56. The summed E-state index contributed by atoms with van der Waals surface area (Å²) >= 11 is 0. The van der Waals surface area contributed by atoms with Gasteiger partial charge in [0.25, 0.3) is 0 Å². The molecule has 2 rings (SSSR count). The summed E-state index contributed by atoms with van der Waals surface area (Å²) in [6.45, 7) is 0.310. The Balaban J connectivity index is 1.83. The SMILES string of the molecule is NS(=O)(=O)c1ccc(CCNC(=O)/C=C/c2ccc(C(F)(F)F)cc2)cc1. The van der Waals surface area contributed by atoms with Crippen molar-refractivity contribution in [2.45, 2.75) is 17.5 Å². The van der Waals surface area contributed by atoms with E-state index < -0.39 is 27.7 Å². The minimum atomic E-state index is -4.40. The first-order chi connectivity index (χ1) is 12.6. The summed E-state index contributed by atoms with van der Waals surface area (Å²) in [6.07, 6.45) is -1.28.